The summed E-state index contributed by atoms with van der Waals surface area (Å²) in [5, 5.41) is 0. The molecule has 0 aromatic carbocycles. The molecule has 1 aromatic rings. The van der Waals surface area contributed by atoms with Crippen LogP contribution < -0.4 is 5.56 Å². The highest BCUT2D eigenvalue weighted by Gasteiger charge is 1.98. The van der Waals surface area contributed by atoms with Gasteiger partial charge in [0, 0.05) is 24.9 Å². The fourth-order valence-corrected chi connectivity index (χ4v) is 0.768. The zero-order valence-corrected chi connectivity index (χ0v) is 6.50. The molecule has 0 saturated heterocycles. The predicted octanol–water partition coefficient (Wildman–Crippen LogP) is 0.588. The van der Waals surface area contributed by atoms with Gasteiger partial charge in [-0.05, 0) is 13.0 Å². The Labute approximate surface area is 64.3 Å². The summed E-state index contributed by atoms with van der Waals surface area (Å²) >= 11 is 0. The van der Waals surface area contributed by atoms with Gasteiger partial charge in [0.1, 0.15) is 0 Å². The standard InChI is InChI=1S/C8H9NO2/c1-6(10)7-3-4-9(2)8(11)5-7/h3-5H,1-2H3. The van der Waals surface area contributed by atoms with Crippen molar-refractivity contribution < 1.29 is 4.79 Å². The highest BCUT2D eigenvalue weighted by molar-refractivity contribution is 5.93. The molecule has 3 nitrogen and oxygen atoms in total. The molecular weight excluding hydrogens is 142 g/mol. The summed E-state index contributed by atoms with van der Waals surface area (Å²) in [5.74, 6) is -0.0808. The maximum atomic E-state index is 11.0. The predicted molar refractivity (Wildman–Crippen MR) is 41.7 cm³/mol. The van der Waals surface area contributed by atoms with E-state index in [4.69, 9.17) is 0 Å². The molecule has 0 radical (unpaired) electrons. The molecule has 0 spiro atoms. The van der Waals surface area contributed by atoms with Crippen molar-refractivity contribution in [3.8, 4) is 0 Å². The van der Waals surface area contributed by atoms with Gasteiger partial charge in [0.15, 0.2) is 5.78 Å². The molecule has 0 N–H and O–H groups in total. The minimum absolute atomic E-state index is 0.0808. The SMILES string of the molecule is CC(=O)c1ccn(C)c(=O)c1. The van der Waals surface area contributed by atoms with Crippen LogP contribution in [0.15, 0.2) is 23.1 Å². The van der Waals surface area contributed by atoms with E-state index >= 15 is 0 Å². The highest BCUT2D eigenvalue weighted by Crippen LogP contribution is 1.93. The molecule has 0 aliphatic heterocycles. The van der Waals surface area contributed by atoms with Crippen LogP contribution in [0.5, 0.6) is 0 Å². The molecule has 0 bridgehead atoms. The third kappa shape index (κ3) is 1.55. The molecule has 0 saturated carbocycles. The van der Waals surface area contributed by atoms with Gasteiger partial charge in [0.25, 0.3) is 5.56 Å². The second-order valence-electron chi connectivity index (χ2n) is 2.42. The van der Waals surface area contributed by atoms with Crippen LogP contribution in [0.4, 0.5) is 0 Å². The maximum absolute atomic E-state index is 11.0. The Bertz CT molecular complexity index is 338. The number of aromatic nitrogens is 1. The number of carbonyl (C=O) groups is 1. The van der Waals surface area contributed by atoms with Gasteiger partial charge in [-0.2, -0.15) is 0 Å². The first-order valence-electron chi connectivity index (χ1n) is 3.29. The Morgan fingerprint density at radius 3 is 2.64 bits per heavy atom. The zero-order valence-electron chi connectivity index (χ0n) is 6.50. The number of ketones is 1. The average Bonchev–Trinajstić information content (AvgIpc) is 1.94. The minimum Gasteiger partial charge on any atom is -0.319 e. The normalized spacial score (nSPS) is 9.64. The third-order valence-electron chi connectivity index (χ3n) is 1.51. The highest BCUT2D eigenvalue weighted by atomic mass is 16.1. The average molecular weight is 151 g/mol. The summed E-state index contributed by atoms with van der Waals surface area (Å²) in [6.45, 7) is 1.44. The van der Waals surface area contributed by atoms with Gasteiger partial charge in [0.05, 0.1) is 0 Å². The Morgan fingerprint density at radius 1 is 1.55 bits per heavy atom. The molecule has 0 unspecified atom stereocenters. The number of rotatable bonds is 1. The van der Waals surface area contributed by atoms with Crippen molar-refractivity contribution >= 4 is 5.78 Å². The molecule has 0 atom stereocenters. The van der Waals surface area contributed by atoms with Gasteiger partial charge in [0.2, 0.25) is 0 Å². The van der Waals surface area contributed by atoms with Crippen LogP contribution in [0.25, 0.3) is 0 Å². The van der Waals surface area contributed by atoms with Gasteiger partial charge >= 0.3 is 0 Å². The first-order chi connectivity index (χ1) is 5.11. The summed E-state index contributed by atoms with van der Waals surface area (Å²) in [5.41, 5.74) is 0.311. The van der Waals surface area contributed by atoms with E-state index in [0.717, 1.165) is 0 Å². The Morgan fingerprint density at radius 2 is 2.18 bits per heavy atom. The van der Waals surface area contributed by atoms with Crippen molar-refractivity contribution in [1.82, 2.24) is 4.57 Å². The Hall–Kier alpha value is -1.38. The zero-order chi connectivity index (χ0) is 8.43. The second-order valence-corrected chi connectivity index (χ2v) is 2.42. The van der Waals surface area contributed by atoms with Crippen molar-refractivity contribution in [2.24, 2.45) is 7.05 Å². The van der Waals surface area contributed by atoms with Gasteiger partial charge < -0.3 is 4.57 Å². The lowest BCUT2D eigenvalue weighted by Gasteiger charge is -1.96. The topological polar surface area (TPSA) is 39.1 Å². The van der Waals surface area contributed by atoms with E-state index < -0.39 is 0 Å². The van der Waals surface area contributed by atoms with Crippen LogP contribution >= 0.6 is 0 Å². The van der Waals surface area contributed by atoms with Crippen molar-refractivity contribution in [2.75, 3.05) is 0 Å². The smallest absolute Gasteiger partial charge is 0.250 e. The van der Waals surface area contributed by atoms with Crippen LogP contribution in [-0.2, 0) is 7.05 Å². The van der Waals surface area contributed by atoms with Gasteiger partial charge in [-0.1, -0.05) is 0 Å². The first-order valence-corrected chi connectivity index (χ1v) is 3.29. The molecule has 1 rings (SSSR count). The lowest BCUT2D eigenvalue weighted by Crippen LogP contribution is -2.16. The van der Waals surface area contributed by atoms with Crippen LogP contribution in [0, 0.1) is 0 Å². The van der Waals surface area contributed by atoms with E-state index in [1.54, 1.807) is 19.3 Å². The van der Waals surface area contributed by atoms with E-state index in [1.807, 2.05) is 0 Å². The van der Waals surface area contributed by atoms with Crippen LogP contribution in [0.1, 0.15) is 17.3 Å². The third-order valence-corrected chi connectivity index (χ3v) is 1.51. The number of hydrogen-bond donors (Lipinski definition) is 0. The number of Topliss-reactive ketones (excluding diaryl/α,β-unsaturated/α-hetero) is 1. The van der Waals surface area contributed by atoms with Crippen molar-refractivity contribution in [3.05, 3.63) is 34.2 Å². The number of carbonyl (C=O) groups excluding carboxylic acids is 1. The van der Waals surface area contributed by atoms with E-state index in [-0.39, 0.29) is 11.3 Å². The molecule has 1 heterocycles. The van der Waals surface area contributed by atoms with Gasteiger partial charge in [-0.15, -0.1) is 0 Å². The summed E-state index contributed by atoms with van der Waals surface area (Å²) < 4.78 is 1.42. The quantitative estimate of drug-likeness (QED) is 0.551. The lowest BCUT2D eigenvalue weighted by atomic mass is 10.2. The van der Waals surface area contributed by atoms with E-state index in [1.165, 1.54) is 17.6 Å². The molecular formula is C8H9NO2. The largest absolute Gasteiger partial charge is 0.319 e. The van der Waals surface area contributed by atoms with Crippen LogP contribution in [0.3, 0.4) is 0 Å². The summed E-state index contributed by atoms with van der Waals surface area (Å²) in [6, 6.07) is 2.96. The van der Waals surface area contributed by atoms with Crippen molar-refractivity contribution in [3.63, 3.8) is 0 Å². The van der Waals surface area contributed by atoms with E-state index in [2.05, 4.69) is 0 Å². The van der Waals surface area contributed by atoms with E-state index in [0.29, 0.717) is 5.56 Å². The molecule has 0 fully saturated rings. The fraction of sp³-hybridized carbons (Fsp3) is 0.250. The van der Waals surface area contributed by atoms with Crippen molar-refractivity contribution in [2.45, 2.75) is 6.92 Å². The summed E-state index contributed by atoms with van der Waals surface area (Å²) in [7, 11) is 1.65. The number of hydrogen-bond acceptors (Lipinski definition) is 2. The molecule has 0 amide bonds. The molecule has 0 aliphatic carbocycles. The molecule has 1 aromatic heterocycles. The molecule has 0 aliphatic rings. The summed E-state index contributed by atoms with van der Waals surface area (Å²) in [4.78, 5) is 21.7. The first kappa shape index (κ1) is 7.72. The molecule has 11 heavy (non-hydrogen) atoms. The summed E-state index contributed by atoms with van der Waals surface area (Å²) in [6.07, 6.45) is 1.58. The monoisotopic (exact) mass is 151 g/mol. The number of aryl methyl sites for hydroxylation is 1. The number of nitrogens with zero attached hydrogens (tertiary/aromatic N) is 1. The second kappa shape index (κ2) is 2.70. The number of pyridine rings is 1. The van der Waals surface area contributed by atoms with E-state index in [9.17, 15) is 9.59 Å². The fourth-order valence-electron chi connectivity index (χ4n) is 0.768. The lowest BCUT2D eigenvalue weighted by molar-refractivity contribution is 0.101. The molecule has 3 heteroatoms. The maximum Gasteiger partial charge on any atom is 0.250 e. The van der Waals surface area contributed by atoms with Gasteiger partial charge in [-0.3, -0.25) is 9.59 Å². The molecule has 58 valence electrons. The Kier molecular flexibility index (Phi) is 1.89. The van der Waals surface area contributed by atoms with Crippen LogP contribution in [-0.4, -0.2) is 10.4 Å². The van der Waals surface area contributed by atoms with Crippen molar-refractivity contribution in [1.29, 1.82) is 0 Å². The van der Waals surface area contributed by atoms with Gasteiger partial charge in [-0.25, -0.2) is 0 Å². The minimum atomic E-state index is -0.155. The van der Waals surface area contributed by atoms with Crippen LogP contribution in [0.2, 0.25) is 0 Å². The Balaban J connectivity index is 3.26.